The van der Waals surface area contributed by atoms with E-state index in [4.69, 9.17) is 0 Å². The van der Waals surface area contributed by atoms with Crippen molar-refractivity contribution in [3.05, 3.63) is 49.5 Å². The first kappa shape index (κ1) is 12.4. The molecule has 0 bridgehead atoms. The molecule has 0 spiro atoms. The number of anilines is 1. The van der Waals surface area contributed by atoms with E-state index < -0.39 is 0 Å². The summed E-state index contributed by atoms with van der Waals surface area (Å²) in [5.41, 5.74) is 2.45. The van der Waals surface area contributed by atoms with Crippen molar-refractivity contribution in [3.8, 4) is 0 Å². The number of rotatable bonds is 2. The molecule has 1 aromatic carbocycles. The van der Waals surface area contributed by atoms with Gasteiger partial charge in [-0.2, -0.15) is 0 Å². The van der Waals surface area contributed by atoms with Gasteiger partial charge < -0.3 is 5.32 Å². The standard InChI is InChI=1S/C14H13FINS/c15-9-4-5-13(11(16)8-9)17-12-2-1-3-14-10(12)6-7-18-14/h4-8,12,17H,1-3H2. The number of benzene rings is 1. The number of aryl methyl sites for hydroxylation is 1. The molecular weight excluding hydrogens is 360 g/mol. The minimum Gasteiger partial charge on any atom is -0.377 e. The Hall–Kier alpha value is -0.620. The normalized spacial score (nSPS) is 18.4. The fourth-order valence-corrected chi connectivity index (χ4v) is 4.05. The third-order valence-electron chi connectivity index (χ3n) is 3.31. The van der Waals surface area contributed by atoms with E-state index in [1.807, 2.05) is 17.4 Å². The van der Waals surface area contributed by atoms with E-state index in [1.54, 1.807) is 6.07 Å². The molecule has 18 heavy (non-hydrogen) atoms. The fraction of sp³-hybridized carbons (Fsp3) is 0.286. The van der Waals surface area contributed by atoms with Crippen LogP contribution in [0.5, 0.6) is 0 Å². The van der Waals surface area contributed by atoms with Gasteiger partial charge in [-0.1, -0.05) is 0 Å². The molecule has 1 aromatic heterocycles. The third-order valence-corrected chi connectivity index (χ3v) is 5.20. The van der Waals surface area contributed by atoms with Gasteiger partial charge in [0, 0.05) is 14.1 Å². The zero-order chi connectivity index (χ0) is 12.5. The molecule has 4 heteroatoms. The Labute approximate surface area is 124 Å². The van der Waals surface area contributed by atoms with Gasteiger partial charge in [-0.05, 0) is 77.1 Å². The van der Waals surface area contributed by atoms with E-state index in [0.29, 0.717) is 6.04 Å². The molecule has 94 valence electrons. The van der Waals surface area contributed by atoms with Crippen molar-refractivity contribution in [3.63, 3.8) is 0 Å². The molecule has 1 aliphatic carbocycles. The minimum absolute atomic E-state index is 0.176. The number of halogens is 2. The van der Waals surface area contributed by atoms with Crippen LogP contribution in [0.1, 0.15) is 29.3 Å². The predicted octanol–water partition coefficient (Wildman–Crippen LogP) is 4.98. The first-order valence-corrected chi connectivity index (χ1v) is 7.98. The van der Waals surface area contributed by atoms with Crippen LogP contribution in [-0.2, 0) is 6.42 Å². The SMILES string of the molecule is Fc1ccc(NC2CCCc3sccc32)c(I)c1. The van der Waals surface area contributed by atoms with Gasteiger partial charge in [0.05, 0.1) is 6.04 Å². The second-order valence-electron chi connectivity index (χ2n) is 4.51. The van der Waals surface area contributed by atoms with Crippen molar-refractivity contribution in [2.45, 2.75) is 25.3 Å². The first-order valence-electron chi connectivity index (χ1n) is 6.02. The summed E-state index contributed by atoms with van der Waals surface area (Å²) in [4.78, 5) is 1.50. The topological polar surface area (TPSA) is 12.0 Å². The predicted molar refractivity (Wildman–Crippen MR) is 82.7 cm³/mol. The Morgan fingerprint density at radius 2 is 2.22 bits per heavy atom. The molecule has 0 saturated heterocycles. The van der Waals surface area contributed by atoms with Gasteiger partial charge in [-0.3, -0.25) is 0 Å². The van der Waals surface area contributed by atoms with Gasteiger partial charge in [0.2, 0.25) is 0 Å². The number of nitrogens with one attached hydrogen (secondary N) is 1. The van der Waals surface area contributed by atoms with E-state index >= 15 is 0 Å². The van der Waals surface area contributed by atoms with Crippen LogP contribution >= 0.6 is 33.9 Å². The molecule has 1 unspecified atom stereocenters. The summed E-state index contributed by atoms with van der Waals surface area (Å²) in [5, 5.41) is 5.72. The smallest absolute Gasteiger partial charge is 0.124 e. The monoisotopic (exact) mass is 373 g/mol. The molecule has 0 radical (unpaired) electrons. The molecule has 1 nitrogen and oxygen atoms in total. The molecule has 0 aliphatic heterocycles. The zero-order valence-electron chi connectivity index (χ0n) is 9.75. The van der Waals surface area contributed by atoms with Crippen LogP contribution in [0.15, 0.2) is 29.6 Å². The minimum atomic E-state index is -0.176. The van der Waals surface area contributed by atoms with Crippen LogP contribution < -0.4 is 5.32 Å². The maximum absolute atomic E-state index is 13.1. The lowest BCUT2D eigenvalue weighted by molar-refractivity contribution is 0.607. The highest BCUT2D eigenvalue weighted by Crippen LogP contribution is 2.36. The second kappa shape index (κ2) is 5.17. The van der Waals surface area contributed by atoms with E-state index in [9.17, 15) is 4.39 Å². The van der Waals surface area contributed by atoms with Gasteiger partial charge in [-0.15, -0.1) is 11.3 Å². The van der Waals surface area contributed by atoms with Gasteiger partial charge in [0.15, 0.2) is 0 Å². The summed E-state index contributed by atoms with van der Waals surface area (Å²) in [7, 11) is 0. The molecule has 2 aromatic rings. The molecule has 1 heterocycles. The number of fused-ring (bicyclic) bond motifs is 1. The van der Waals surface area contributed by atoms with Crippen LogP contribution in [0.25, 0.3) is 0 Å². The lowest BCUT2D eigenvalue weighted by atomic mass is 9.94. The highest BCUT2D eigenvalue weighted by molar-refractivity contribution is 14.1. The highest BCUT2D eigenvalue weighted by atomic mass is 127. The largest absolute Gasteiger partial charge is 0.377 e. The summed E-state index contributed by atoms with van der Waals surface area (Å²) in [6.07, 6.45) is 3.58. The second-order valence-corrected chi connectivity index (χ2v) is 6.68. The van der Waals surface area contributed by atoms with Gasteiger partial charge in [0.1, 0.15) is 5.82 Å². The van der Waals surface area contributed by atoms with E-state index in [2.05, 4.69) is 39.4 Å². The summed E-state index contributed by atoms with van der Waals surface area (Å²) in [5.74, 6) is -0.176. The maximum Gasteiger partial charge on any atom is 0.124 e. The van der Waals surface area contributed by atoms with Crippen molar-refractivity contribution in [2.24, 2.45) is 0 Å². The lowest BCUT2D eigenvalue weighted by Crippen LogP contribution is -2.16. The van der Waals surface area contributed by atoms with E-state index in [0.717, 1.165) is 15.7 Å². The maximum atomic E-state index is 13.1. The highest BCUT2D eigenvalue weighted by Gasteiger charge is 2.21. The van der Waals surface area contributed by atoms with Crippen LogP contribution in [0.4, 0.5) is 10.1 Å². The Morgan fingerprint density at radius 3 is 3.06 bits per heavy atom. The zero-order valence-corrected chi connectivity index (χ0v) is 12.7. The van der Waals surface area contributed by atoms with E-state index in [1.165, 1.54) is 29.3 Å². The Morgan fingerprint density at radius 1 is 1.33 bits per heavy atom. The van der Waals surface area contributed by atoms with Crippen molar-refractivity contribution in [1.29, 1.82) is 0 Å². The molecule has 1 N–H and O–H groups in total. The molecule has 3 rings (SSSR count). The van der Waals surface area contributed by atoms with Crippen LogP contribution in [0, 0.1) is 9.39 Å². The van der Waals surface area contributed by atoms with Crippen molar-refractivity contribution in [2.75, 3.05) is 5.32 Å². The number of thiophene rings is 1. The average Bonchev–Trinajstić information content (AvgIpc) is 2.82. The number of hydrogen-bond donors (Lipinski definition) is 1. The average molecular weight is 373 g/mol. The summed E-state index contributed by atoms with van der Waals surface area (Å²) in [6, 6.07) is 7.51. The fourth-order valence-electron chi connectivity index (χ4n) is 2.43. The molecule has 0 fully saturated rings. The molecular formula is C14H13FINS. The van der Waals surface area contributed by atoms with Crippen molar-refractivity contribution in [1.82, 2.24) is 0 Å². The Balaban J connectivity index is 1.86. The molecule has 1 atom stereocenters. The third kappa shape index (κ3) is 2.40. The van der Waals surface area contributed by atoms with Crippen molar-refractivity contribution < 1.29 is 4.39 Å². The lowest BCUT2D eigenvalue weighted by Gasteiger charge is -2.25. The Kier molecular flexibility index (Phi) is 3.56. The summed E-state index contributed by atoms with van der Waals surface area (Å²) < 4.78 is 14.0. The molecule has 0 amide bonds. The van der Waals surface area contributed by atoms with Crippen LogP contribution in [-0.4, -0.2) is 0 Å². The van der Waals surface area contributed by atoms with Crippen LogP contribution in [0.2, 0.25) is 0 Å². The van der Waals surface area contributed by atoms with Crippen LogP contribution in [0.3, 0.4) is 0 Å². The molecule has 1 aliphatic rings. The summed E-state index contributed by atoms with van der Waals surface area (Å²) in [6.45, 7) is 0. The van der Waals surface area contributed by atoms with Crippen molar-refractivity contribution >= 4 is 39.6 Å². The molecule has 0 saturated carbocycles. The van der Waals surface area contributed by atoms with Gasteiger partial charge in [0.25, 0.3) is 0 Å². The van der Waals surface area contributed by atoms with Gasteiger partial charge >= 0.3 is 0 Å². The number of hydrogen-bond acceptors (Lipinski definition) is 2. The Bertz CT molecular complexity index is 567. The summed E-state index contributed by atoms with van der Waals surface area (Å²) >= 11 is 4.02. The first-order chi connectivity index (χ1) is 8.74. The van der Waals surface area contributed by atoms with Gasteiger partial charge in [-0.25, -0.2) is 4.39 Å². The van der Waals surface area contributed by atoms with E-state index in [-0.39, 0.29) is 5.82 Å². The quantitative estimate of drug-likeness (QED) is 0.732.